The molecular weight excluding hydrogens is 190 g/mol. The molecule has 0 aromatic heterocycles. The minimum Gasteiger partial charge on any atom is -0.496 e. The fraction of sp³-hybridized carbons (Fsp3) is 0.417. The van der Waals surface area contributed by atoms with Gasteiger partial charge in [-0.2, -0.15) is 0 Å². The summed E-state index contributed by atoms with van der Waals surface area (Å²) < 4.78 is 5.31. The molecule has 0 unspecified atom stereocenters. The van der Waals surface area contributed by atoms with Gasteiger partial charge in [0.15, 0.2) is 0 Å². The van der Waals surface area contributed by atoms with Crippen LogP contribution in [0.4, 0.5) is 0 Å². The van der Waals surface area contributed by atoms with Gasteiger partial charge in [-0.3, -0.25) is 4.79 Å². The molecule has 1 amide bonds. The maximum atomic E-state index is 11.4. The van der Waals surface area contributed by atoms with Gasteiger partial charge in [0.05, 0.1) is 13.2 Å². The van der Waals surface area contributed by atoms with E-state index >= 15 is 0 Å². The summed E-state index contributed by atoms with van der Waals surface area (Å²) in [6.07, 6.45) is 1.04. The molecule has 1 aliphatic carbocycles. The highest BCUT2D eigenvalue weighted by Crippen LogP contribution is 2.53. The van der Waals surface area contributed by atoms with E-state index in [-0.39, 0.29) is 17.9 Å². The molecule has 0 radical (unpaired) electrons. The van der Waals surface area contributed by atoms with Gasteiger partial charge in [-0.05, 0) is 18.4 Å². The molecule has 0 spiro atoms. The summed E-state index contributed by atoms with van der Waals surface area (Å²) in [6.45, 7) is 0. The van der Waals surface area contributed by atoms with Crippen LogP contribution in [0.1, 0.15) is 18.0 Å². The summed E-state index contributed by atoms with van der Waals surface area (Å²) >= 11 is 0. The lowest BCUT2D eigenvalue weighted by atomic mass is 10.0. The molecule has 3 nitrogen and oxygen atoms in total. The molecule has 1 heterocycles. The van der Waals surface area contributed by atoms with Crippen molar-refractivity contribution in [2.45, 2.75) is 12.5 Å². The highest BCUT2D eigenvalue weighted by Gasteiger charge is 2.55. The first-order chi connectivity index (χ1) is 7.31. The molecule has 15 heavy (non-hydrogen) atoms. The highest BCUT2D eigenvalue weighted by atomic mass is 16.5. The van der Waals surface area contributed by atoms with E-state index in [0.717, 1.165) is 17.7 Å². The molecule has 2 aliphatic rings. The number of hydrogen-bond donors (Lipinski definition) is 1. The Balaban J connectivity index is 1.96. The number of methoxy groups -OCH3 is 1. The Labute approximate surface area is 88.4 Å². The van der Waals surface area contributed by atoms with Crippen LogP contribution >= 0.6 is 0 Å². The number of ether oxygens (including phenoxy) is 1. The Kier molecular flexibility index (Phi) is 1.75. The molecular formula is C12H13NO2. The number of amides is 1. The topological polar surface area (TPSA) is 38.3 Å². The number of piperidine rings is 1. The zero-order valence-corrected chi connectivity index (χ0v) is 8.57. The van der Waals surface area contributed by atoms with Gasteiger partial charge < -0.3 is 10.1 Å². The van der Waals surface area contributed by atoms with Gasteiger partial charge in [-0.25, -0.2) is 0 Å². The van der Waals surface area contributed by atoms with Crippen LogP contribution in [0.25, 0.3) is 0 Å². The molecule has 1 N–H and O–H groups in total. The Morgan fingerprint density at radius 2 is 2.20 bits per heavy atom. The van der Waals surface area contributed by atoms with Crippen molar-refractivity contribution < 1.29 is 9.53 Å². The van der Waals surface area contributed by atoms with Crippen molar-refractivity contribution in [2.24, 2.45) is 11.8 Å². The molecule has 1 aromatic carbocycles. The number of rotatable bonds is 2. The van der Waals surface area contributed by atoms with Gasteiger partial charge in [0.25, 0.3) is 0 Å². The molecule has 1 aromatic rings. The lowest BCUT2D eigenvalue weighted by Crippen LogP contribution is -2.23. The molecule has 1 saturated carbocycles. The number of fused-ring (bicyclic) bond motifs is 1. The summed E-state index contributed by atoms with van der Waals surface area (Å²) in [5.41, 5.74) is 1.11. The zero-order valence-electron chi connectivity index (χ0n) is 8.57. The third kappa shape index (κ3) is 1.23. The number of carbonyl (C=O) groups is 1. The monoisotopic (exact) mass is 203 g/mol. The van der Waals surface area contributed by atoms with Crippen molar-refractivity contribution >= 4 is 5.91 Å². The first-order valence-corrected chi connectivity index (χ1v) is 5.24. The molecule has 1 saturated heterocycles. The van der Waals surface area contributed by atoms with Crippen LogP contribution in [-0.4, -0.2) is 13.0 Å². The number of nitrogens with one attached hydrogen (secondary N) is 1. The van der Waals surface area contributed by atoms with Crippen molar-refractivity contribution in [1.82, 2.24) is 5.32 Å². The first-order valence-electron chi connectivity index (χ1n) is 5.24. The quantitative estimate of drug-likeness (QED) is 0.791. The fourth-order valence-corrected chi connectivity index (χ4v) is 2.48. The molecule has 3 atom stereocenters. The van der Waals surface area contributed by atoms with E-state index in [1.807, 2.05) is 24.3 Å². The number of carbonyl (C=O) groups excluding carboxylic acids is 1. The summed E-state index contributed by atoms with van der Waals surface area (Å²) in [5.74, 6) is 1.83. The second-order valence-electron chi connectivity index (χ2n) is 4.23. The van der Waals surface area contributed by atoms with Gasteiger partial charge in [-0.1, -0.05) is 18.2 Å². The lowest BCUT2D eigenvalue weighted by molar-refractivity contribution is -0.121. The number of para-hydroxylation sites is 1. The number of benzene rings is 1. The Morgan fingerprint density at radius 3 is 2.80 bits per heavy atom. The van der Waals surface area contributed by atoms with E-state index in [1.54, 1.807) is 7.11 Å². The van der Waals surface area contributed by atoms with Crippen LogP contribution in [0.3, 0.4) is 0 Å². The molecule has 3 heteroatoms. The summed E-state index contributed by atoms with van der Waals surface area (Å²) in [6, 6.07) is 8.07. The fourth-order valence-electron chi connectivity index (χ4n) is 2.48. The smallest absolute Gasteiger partial charge is 0.223 e. The third-order valence-corrected chi connectivity index (χ3v) is 3.38. The second kappa shape index (κ2) is 2.99. The van der Waals surface area contributed by atoms with Crippen LogP contribution in [-0.2, 0) is 4.79 Å². The first kappa shape index (κ1) is 8.77. The van der Waals surface area contributed by atoms with Crippen LogP contribution in [0.2, 0.25) is 0 Å². The van der Waals surface area contributed by atoms with E-state index in [0.29, 0.717) is 5.92 Å². The van der Waals surface area contributed by atoms with Gasteiger partial charge in [0.2, 0.25) is 5.91 Å². The molecule has 3 rings (SSSR count). The Morgan fingerprint density at radius 1 is 1.40 bits per heavy atom. The maximum absolute atomic E-state index is 11.4. The van der Waals surface area contributed by atoms with Crippen molar-refractivity contribution in [3.05, 3.63) is 29.8 Å². The van der Waals surface area contributed by atoms with E-state index < -0.39 is 0 Å². The van der Waals surface area contributed by atoms with Crippen LogP contribution in [0.5, 0.6) is 5.75 Å². The van der Waals surface area contributed by atoms with Crippen molar-refractivity contribution in [1.29, 1.82) is 0 Å². The summed E-state index contributed by atoms with van der Waals surface area (Å²) in [4.78, 5) is 11.4. The minimum atomic E-state index is 0.165. The molecule has 2 fully saturated rings. The van der Waals surface area contributed by atoms with Gasteiger partial charge in [-0.15, -0.1) is 0 Å². The summed E-state index contributed by atoms with van der Waals surface area (Å²) in [7, 11) is 1.67. The SMILES string of the molecule is COc1ccccc1[C@@H]1NC(=O)[C@@H]2C[C@@H]21. The van der Waals surface area contributed by atoms with Crippen LogP contribution in [0, 0.1) is 11.8 Å². The van der Waals surface area contributed by atoms with E-state index in [2.05, 4.69) is 5.32 Å². The van der Waals surface area contributed by atoms with Gasteiger partial charge >= 0.3 is 0 Å². The van der Waals surface area contributed by atoms with Crippen molar-refractivity contribution in [3.8, 4) is 5.75 Å². The molecule has 1 aliphatic heterocycles. The number of hydrogen-bond acceptors (Lipinski definition) is 2. The third-order valence-electron chi connectivity index (χ3n) is 3.38. The van der Waals surface area contributed by atoms with E-state index in [9.17, 15) is 4.79 Å². The average Bonchev–Trinajstić information content (AvgIpc) is 3.00. The largest absolute Gasteiger partial charge is 0.496 e. The summed E-state index contributed by atoms with van der Waals surface area (Å²) in [5, 5.41) is 3.03. The lowest BCUT2D eigenvalue weighted by Gasteiger charge is -2.16. The van der Waals surface area contributed by atoms with Crippen molar-refractivity contribution in [2.75, 3.05) is 7.11 Å². The van der Waals surface area contributed by atoms with E-state index in [4.69, 9.17) is 4.74 Å². The Hall–Kier alpha value is -1.51. The molecule has 78 valence electrons. The van der Waals surface area contributed by atoms with Gasteiger partial charge in [0, 0.05) is 11.5 Å². The highest BCUT2D eigenvalue weighted by molar-refractivity contribution is 5.85. The predicted octanol–water partition coefficient (Wildman–Crippen LogP) is 1.50. The predicted molar refractivity (Wildman–Crippen MR) is 55.5 cm³/mol. The van der Waals surface area contributed by atoms with Crippen molar-refractivity contribution in [3.63, 3.8) is 0 Å². The van der Waals surface area contributed by atoms with Crippen LogP contribution < -0.4 is 10.1 Å². The average molecular weight is 203 g/mol. The standard InChI is InChI=1S/C12H13NO2/c1-15-10-5-3-2-4-7(10)11-8-6-9(8)12(14)13-11/h2-5,8-9,11H,6H2,1H3,(H,13,14)/t8-,9+,11-/m0/s1. The second-order valence-corrected chi connectivity index (χ2v) is 4.23. The maximum Gasteiger partial charge on any atom is 0.223 e. The van der Waals surface area contributed by atoms with Crippen LogP contribution in [0.15, 0.2) is 24.3 Å². The normalized spacial score (nSPS) is 32.1. The Bertz CT molecular complexity index is 416. The van der Waals surface area contributed by atoms with Gasteiger partial charge in [0.1, 0.15) is 5.75 Å². The molecule has 0 bridgehead atoms. The minimum absolute atomic E-state index is 0.165. The zero-order chi connectivity index (χ0) is 10.4. The van der Waals surface area contributed by atoms with E-state index in [1.165, 1.54) is 0 Å².